The molecule has 88 valence electrons. The molecule has 4 heteroatoms. The standard InChI is InChI=1S/C14H10ClN3/c15-12-5-1-3-10(7-12)14-17-9-13(18-14)11-4-2-6-16-8-11/h1-9H,(H,17,18). The lowest BCUT2D eigenvalue weighted by Crippen LogP contribution is -1.81. The first-order valence-electron chi connectivity index (χ1n) is 5.54. The van der Waals surface area contributed by atoms with Crippen molar-refractivity contribution in [2.24, 2.45) is 0 Å². The first-order chi connectivity index (χ1) is 8.83. The van der Waals surface area contributed by atoms with Crippen LogP contribution in [0, 0.1) is 0 Å². The third kappa shape index (κ3) is 2.13. The molecule has 0 unspecified atom stereocenters. The Labute approximate surface area is 109 Å². The number of H-pyrrole nitrogens is 1. The van der Waals surface area contributed by atoms with Gasteiger partial charge in [0.2, 0.25) is 0 Å². The molecule has 3 aromatic rings. The first-order valence-corrected chi connectivity index (χ1v) is 5.92. The molecule has 0 fully saturated rings. The average Bonchev–Trinajstić information content (AvgIpc) is 2.89. The molecule has 0 atom stereocenters. The molecule has 0 aliphatic heterocycles. The van der Waals surface area contributed by atoms with Crippen LogP contribution in [0.25, 0.3) is 22.6 Å². The summed E-state index contributed by atoms with van der Waals surface area (Å²) in [6.07, 6.45) is 5.35. The minimum absolute atomic E-state index is 0.701. The summed E-state index contributed by atoms with van der Waals surface area (Å²) in [7, 11) is 0. The second-order valence-corrected chi connectivity index (χ2v) is 4.33. The number of hydrogen-bond donors (Lipinski definition) is 1. The minimum Gasteiger partial charge on any atom is -0.338 e. The van der Waals surface area contributed by atoms with Crippen molar-refractivity contribution in [3.05, 3.63) is 60.0 Å². The van der Waals surface area contributed by atoms with Crippen molar-refractivity contribution < 1.29 is 0 Å². The SMILES string of the molecule is Clc1cccc(-c2ncc(-c3cccnc3)[nH]2)c1. The lowest BCUT2D eigenvalue weighted by atomic mass is 10.2. The highest BCUT2D eigenvalue weighted by Crippen LogP contribution is 2.23. The summed E-state index contributed by atoms with van der Waals surface area (Å²) in [5, 5.41) is 0.701. The van der Waals surface area contributed by atoms with Crippen molar-refractivity contribution in [2.75, 3.05) is 0 Å². The predicted molar refractivity (Wildman–Crippen MR) is 72.3 cm³/mol. The molecule has 3 nitrogen and oxygen atoms in total. The van der Waals surface area contributed by atoms with Gasteiger partial charge in [0.15, 0.2) is 0 Å². The van der Waals surface area contributed by atoms with E-state index in [2.05, 4.69) is 15.0 Å². The van der Waals surface area contributed by atoms with E-state index in [0.29, 0.717) is 5.02 Å². The second-order valence-electron chi connectivity index (χ2n) is 3.90. The van der Waals surface area contributed by atoms with Gasteiger partial charge in [0.25, 0.3) is 0 Å². The second kappa shape index (κ2) is 4.63. The smallest absolute Gasteiger partial charge is 0.137 e. The molecule has 0 saturated carbocycles. The van der Waals surface area contributed by atoms with Crippen LogP contribution in [0.15, 0.2) is 55.0 Å². The van der Waals surface area contributed by atoms with Gasteiger partial charge < -0.3 is 4.98 Å². The maximum absolute atomic E-state index is 5.97. The summed E-state index contributed by atoms with van der Waals surface area (Å²) in [5.41, 5.74) is 2.92. The summed E-state index contributed by atoms with van der Waals surface area (Å²) in [4.78, 5) is 11.7. The van der Waals surface area contributed by atoms with Crippen molar-refractivity contribution in [1.82, 2.24) is 15.0 Å². The van der Waals surface area contributed by atoms with Crippen LogP contribution in [0.2, 0.25) is 5.02 Å². The number of halogens is 1. The van der Waals surface area contributed by atoms with E-state index < -0.39 is 0 Å². The number of aromatic nitrogens is 3. The zero-order valence-electron chi connectivity index (χ0n) is 9.47. The molecular weight excluding hydrogens is 246 g/mol. The molecule has 3 rings (SSSR count). The summed E-state index contributed by atoms with van der Waals surface area (Å²) in [6.45, 7) is 0. The topological polar surface area (TPSA) is 41.6 Å². The summed E-state index contributed by atoms with van der Waals surface area (Å²) >= 11 is 5.97. The fraction of sp³-hybridized carbons (Fsp3) is 0. The van der Waals surface area contributed by atoms with Gasteiger partial charge in [0.1, 0.15) is 5.82 Å². The number of nitrogens with one attached hydrogen (secondary N) is 1. The molecule has 0 aliphatic carbocycles. The third-order valence-electron chi connectivity index (χ3n) is 2.65. The number of aromatic amines is 1. The number of hydrogen-bond acceptors (Lipinski definition) is 2. The van der Waals surface area contributed by atoms with E-state index in [0.717, 1.165) is 22.6 Å². The van der Waals surface area contributed by atoms with Crippen LogP contribution in [0.3, 0.4) is 0 Å². The number of nitrogens with zero attached hydrogens (tertiary/aromatic N) is 2. The highest BCUT2D eigenvalue weighted by atomic mass is 35.5. The lowest BCUT2D eigenvalue weighted by Gasteiger charge is -1.98. The maximum atomic E-state index is 5.97. The van der Waals surface area contributed by atoms with Crippen molar-refractivity contribution in [3.8, 4) is 22.6 Å². The molecule has 0 saturated heterocycles. The predicted octanol–water partition coefficient (Wildman–Crippen LogP) is 3.79. The molecule has 0 amide bonds. The van der Waals surface area contributed by atoms with Gasteiger partial charge in [-0.2, -0.15) is 0 Å². The van der Waals surface area contributed by atoms with Gasteiger partial charge in [-0.1, -0.05) is 23.7 Å². The minimum atomic E-state index is 0.701. The Balaban J connectivity index is 2.00. The van der Waals surface area contributed by atoms with Gasteiger partial charge in [-0.05, 0) is 24.3 Å². The molecule has 1 N–H and O–H groups in total. The Morgan fingerprint density at radius 1 is 1.00 bits per heavy atom. The quantitative estimate of drug-likeness (QED) is 0.757. The van der Waals surface area contributed by atoms with E-state index in [4.69, 9.17) is 11.6 Å². The van der Waals surface area contributed by atoms with Crippen molar-refractivity contribution in [1.29, 1.82) is 0 Å². The molecule has 0 spiro atoms. The average molecular weight is 256 g/mol. The van der Waals surface area contributed by atoms with Crippen LogP contribution in [0.4, 0.5) is 0 Å². The van der Waals surface area contributed by atoms with E-state index >= 15 is 0 Å². The summed E-state index contributed by atoms with van der Waals surface area (Å²) in [6, 6.07) is 11.5. The van der Waals surface area contributed by atoms with Crippen molar-refractivity contribution in [2.45, 2.75) is 0 Å². The van der Waals surface area contributed by atoms with Crippen LogP contribution in [0.5, 0.6) is 0 Å². The number of pyridine rings is 1. The van der Waals surface area contributed by atoms with Gasteiger partial charge >= 0.3 is 0 Å². The molecule has 0 radical (unpaired) electrons. The van der Waals surface area contributed by atoms with Gasteiger partial charge in [0, 0.05) is 28.5 Å². The fourth-order valence-corrected chi connectivity index (χ4v) is 1.96. The Hall–Kier alpha value is -2.13. The maximum Gasteiger partial charge on any atom is 0.137 e. The molecule has 2 heterocycles. The molecule has 1 aromatic carbocycles. The Bertz CT molecular complexity index is 662. The third-order valence-corrected chi connectivity index (χ3v) is 2.88. The zero-order valence-corrected chi connectivity index (χ0v) is 10.2. The lowest BCUT2D eigenvalue weighted by molar-refractivity contribution is 1.29. The zero-order chi connectivity index (χ0) is 12.4. The summed E-state index contributed by atoms with van der Waals surface area (Å²) < 4.78 is 0. The van der Waals surface area contributed by atoms with Crippen LogP contribution in [0.1, 0.15) is 0 Å². The largest absolute Gasteiger partial charge is 0.338 e. The fourth-order valence-electron chi connectivity index (χ4n) is 1.77. The molecule has 0 aliphatic rings. The van der Waals surface area contributed by atoms with Crippen LogP contribution in [-0.4, -0.2) is 15.0 Å². The highest BCUT2D eigenvalue weighted by Gasteiger charge is 2.05. The van der Waals surface area contributed by atoms with Gasteiger partial charge in [0.05, 0.1) is 11.9 Å². The van der Waals surface area contributed by atoms with Crippen LogP contribution in [-0.2, 0) is 0 Å². The Kier molecular flexibility index (Phi) is 2.82. The molecule has 18 heavy (non-hydrogen) atoms. The summed E-state index contributed by atoms with van der Waals surface area (Å²) in [5.74, 6) is 0.802. The Morgan fingerprint density at radius 3 is 2.67 bits per heavy atom. The molecule has 2 aromatic heterocycles. The van der Waals surface area contributed by atoms with E-state index in [1.807, 2.05) is 36.4 Å². The first kappa shape index (κ1) is 11.0. The van der Waals surface area contributed by atoms with Gasteiger partial charge in [-0.3, -0.25) is 4.98 Å². The number of benzene rings is 1. The van der Waals surface area contributed by atoms with Gasteiger partial charge in [-0.25, -0.2) is 4.98 Å². The van der Waals surface area contributed by atoms with Crippen LogP contribution >= 0.6 is 11.6 Å². The highest BCUT2D eigenvalue weighted by molar-refractivity contribution is 6.30. The normalized spacial score (nSPS) is 10.5. The van der Waals surface area contributed by atoms with E-state index in [1.54, 1.807) is 18.6 Å². The van der Waals surface area contributed by atoms with E-state index in [9.17, 15) is 0 Å². The van der Waals surface area contributed by atoms with Crippen LogP contribution < -0.4 is 0 Å². The molecule has 0 bridgehead atoms. The Morgan fingerprint density at radius 2 is 1.89 bits per heavy atom. The van der Waals surface area contributed by atoms with Crippen molar-refractivity contribution >= 4 is 11.6 Å². The van der Waals surface area contributed by atoms with Crippen molar-refractivity contribution in [3.63, 3.8) is 0 Å². The monoisotopic (exact) mass is 255 g/mol. The van der Waals surface area contributed by atoms with E-state index in [1.165, 1.54) is 0 Å². The number of rotatable bonds is 2. The molecular formula is C14H10ClN3. The number of imidazole rings is 1. The van der Waals surface area contributed by atoms with Gasteiger partial charge in [-0.15, -0.1) is 0 Å². The van der Waals surface area contributed by atoms with E-state index in [-0.39, 0.29) is 0 Å².